The van der Waals surface area contributed by atoms with Gasteiger partial charge >= 0.3 is 0 Å². The van der Waals surface area contributed by atoms with E-state index in [1.807, 2.05) is 6.08 Å². The van der Waals surface area contributed by atoms with Crippen LogP contribution in [0, 0.1) is 0 Å². The molecule has 0 bridgehead atoms. The van der Waals surface area contributed by atoms with E-state index in [-0.39, 0.29) is 18.9 Å². The number of hydrogen-bond donors (Lipinski definition) is 9. The van der Waals surface area contributed by atoms with E-state index < -0.39 is 86.8 Å². The van der Waals surface area contributed by atoms with Crippen molar-refractivity contribution in [2.45, 2.75) is 402 Å². The summed E-state index contributed by atoms with van der Waals surface area (Å²) in [7, 11) is 0. The molecule has 0 aromatic heterocycles. The minimum atomic E-state index is -1.79. The van der Waals surface area contributed by atoms with Gasteiger partial charge in [-0.2, -0.15) is 0 Å². The van der Waals surface area contributed by atoms with Gasteiger partial charge in [0.2, 0.25) is 5.91 Å². The Balaban J connectivity index is 1.68. The number of amides is 1. The Morgan fingerprint density at radius 2 is 0.736 bits per heavy atom. The molecule has 2 aliphatic heterocycles. The van der Waals surface area contributed by atoms with Crippen LogP contribution in [0.4, 0.5) is 0 Å². The maximum atomic E-state index is 13.3. The summed E-state index contributed by atoms with van der Waals surface area (Å²) in [6.45, 7) is 2.83. The molecule has 2 heterocycles. The standard InChI is InChI=1S/C73H137NO13/c1-3-5-7-9-11-13-15-17-19-21-23-25-27-29-31-33-35-37-39-41-43-45-47-49-51-53-55-57-65(78)74-61(60-84-72-70(83)68(81)71(64(59-76)86-72)87-73-69(82)67(80)66(79)63(58-75)85-73)62(77)56-54-52-50-48-46-44-42-40-38-36-34-32-30-28-26-24-22-20-18-16-14-12-10-8-6-4-2/h38,40,46,48,54,56,61-64,66-73,75-77,79-83H,3-37,39,41-45,47,49-53,55,57-60H2,1-2H3,(H,74,78)/b40-38+,48-46+,56-54+. The van der Waals surface area contributed by atoms with Crippen molar-refractivity contribution in [2.24, 2.45) is 0 Å². The fourth-order valence-electron chi connectivity index (χ4n) is 12.2. The fourth-order valence-corrected chi connectivity index (χ4v) is 12.2. The number of aliphatic hydroxyl groups excluding tert-OH is 8. The van der Waals surface area contributed by atoms with Crippen LogP contribution in [0.15, 0.2) is 36.5 Å². The molecule has 0 aromatic rings. The number of ether oxygens (including phenoxy) is 4. The highest BCUT2D eigenvalue weighted by Crippen LogP contribution is 2.30. The molecule has 0 spiro atoms. The lowest BCUT2D eigenvalue weighted by molar-refractivity contribution is -0.359. The smallest absolute Gasteiger partial charge is 0.220 e. The normalized spacial score (nSPS) is 23.4. The molecule has 87 heavy (non-hydrogen) atoms. The molecule has 2 aliphatic rings. The van der Waals surface area contributed by atoms with E-state index in [4.69, 9.17) is 18.9 Å². The first kappa shape index (κ1) is 81.3. The number of allylic oxidation sites excluding steroid dienone is 5. The summed E-state index contributed by atoms with van der Waals surface area (Å²) in [4.78, 5) is 13.3. The molecule has 0 aliphatic carbocycles. The van der Waals surface area contributed by atoms with Crippen LogP contribution in [0.1, 0.15) is 328 Å². The van der Waals surface area contributed by atoms with Crippen molar-refractivity contribution in [3.8, 4) is 0 Å². The van der Waals surface area contributed by atoms with Gasteiger partial charge in [-0.15, -0.1) is 0 Å². The first-order valence-corrected chi connectivity index (χ1v) is 36.7. The number of aliphatic hydroxyl groups is 8. The molecule has 2 rings (SSSR count). The molecule has 14 nitrogen and oxygen atoms in total. The monoisotopic (exact) mass is 1240 g/mol. The first-order valence-electron chi connectivity index (χ1n) is 36.7. The van der Waals surface area contributed by atoms with Crippen molar-refractivity contribution in [3.05, 3.63) is 36.5 Å². The zero-order chi connectivity index (χ0) is 63.1. The molecule has 2 fully saturated rings. The van der Waals surface area contributed by atoms with E-state index in [1.54, 1.807) is 6.08 Å². The Hall–Kier alpha value is -1.79. The molecule has 512 valence electrons. The lowest BCUT2D eigenvalue weighted by Gasteiger charge is -2.46. The number of unbranched alkanes of at least 4 members (excludes halogenated alkanes) is 44. The van der Waals surface area contributed by atoms with Crippen molar-refractivity contribution < 1.29 is 64.6 Å². The Morgan fingerprint density at radius 3 is 1.13 bits per heavy atom. The van der Waals surface area contributed by atoms with Crippen LogP contribution in [0.2, 0.25) is 0 Å². The average molecular weight is 1240 g/mol. The number of carbonyl (C=O) groups excluding carboxylic acids is 1. The van der Waals surface area contributed by atoms with Gasteiger partial charge in [-0.05, 0) is 44.9 Å². The fraction of sp³-hybridized carbons (Fsp3) is 0.904. The summed E-state index contributed by atoms with van der Waals surface area (Å²) in [6, 6.07) is -0.937. The van der Waals surface area contributed by atoms with Crippen LogP contribution in [0.25, 0.3) is 0 Å². The van der Waals surface area contributed by atoms with Gasteiger partial charge in [0.15, 0.2) is 12.6 Å². The molecular weight excluding hydrogens is 1100 g/mol. The van der Waals surface area contributed by atoms with Gasteiger partial charge in [0, 0.05) is 6.42 Å². The van der Waals surface area contributed by atoms with Crippen LogP contribution < -0.4 is 5.32 Å². The summed E-state index contributed by atoms with van der Waals surface area (Å²) >= 11 is 0. The van der Waals surface area contributed by atoms with Crippen molar-refractivity contribution in [3.63, 3.8) is 0 Å². The van der Waals surface area contributed by atoms with Gasteiger partial charge in [-0.25, -0.2) is 0 Å². The second-order valence-corrected chi connectivity index (χ2v) is 26.1. The summed E-state index contributed by atoms with van der Waals surface area (Å²) in [5, 5.41) is 87.5. The molecule has 9 N–H and O–H groups in total. The minimum absolute atomic E-state index is 0.246. The van der Waals surface area contributed by atoms with Crippen molar-refractivity contribution in [1.29, 1.82) is 0 Å². The molecule has 12 unspecified atom stereocenters. The van der Waals surface area contributed by atoms with E-state index in [0.717, 1.165) is 44.9 Å². The number of carbonyl (C=O) groups is 1. The second-order valence-electron chi connectivity index (χ2n) is 26.1. The summed E-state index contributed by atoms with van der Waals surface area (Å²) in [6.07, 6.45) is 57.9. The zero-order valence-corrected chi connectivity index (χ0v) is 55.8. The Labute approximate surface area is 531 Å². The second kappa shape index (κ2) is 58.1. The Kier molecular flexibility index (Phi) is 54.3. The molecule has 0 aromatic carbocycles. The van der Waals surface area contributed by atoms with Gasteiger partial charge in [-0.3, -0.25) is 4.79 Å². The molecule has 2 saturated heterocycles. The number of hydrogen-bond acceptors (Lipinski definition) is 13. The molecule has 1 amide bonds. The van der Waals surface area contributed by atoms with Gasteiger partial charge in [0.1, 0.15) is 48.8 Å². The molecule has 0 saturated carbocycles. The maximum absolute atomic E-state index is 13.3. The van der Waals surface area contributed by atoms with E-state index in [1.165, 1.54) is 250 Å². The minimum Gasteiger partial charge on any atom is -0.394 e. The molecule has 0 radical (unpaired) electrons. The Morgan fingerprint density at radius 1 is 0.402 bits per heavy atom. The number of rotatable bonds is 61. The highest BCUT2D eigenvalue weighted by atomic mass is 16.7. The van der Waals surface area contributed by atoms with E-state index in [2.05, 4.69) is 43.5 Å². The third-order valence-corrected chi connectivity index (χ3v) is 18.1. The van der Waals surface area contributed by atoms with E-state index in [0.29, 0.717) is 12.8 Å². The van der Waals surface area contributed by atoms with Crippen LogP contribution in [-0.2, 0) is 23.7 Å². The highest BCUT2D eigenvalue weighted by Gasteiger charge is 2.51. The molecule has 14 heteroatoms. The SMILES string of the molecule is CCCCCCCCCCCCCCCCCC/C=C/CC/C=C/CC/C=C/C(O)C(COC1OC(CO)C(OC2OC(CO)C(O)C(O)C2O)C(O)C1O)NC(=O)CCCCCCCCCCCCCCCCCCCCCCCCCCCCC. The summed E-state index contributed by atoms with van der Waals surface area (Å²) in [5.74, 6) is -0.246. The van der Waals surface area contributed by atoms with Crippen LogP contribution in [-0.4, -0.2) is 140 Å². The first-order chi connectivity index (χ1) is 42.6. The summed E-state index contributed by atoms with van der Waals surface area (Å²) in [5.41, 5.74) is 0. The predicted octanol–water partition coefficient (Wildman–Crippen LogP) is 15.3. The van der Waals surface area contributed by atoms with Gasteiger partial charge in [0.05, 0.1) is 32.0 Å². The predicted molar refractivity (Wildman–Crippen MR) is 355 cm³/mol. The number of nitrogens with one attached hydrogen (secondary N) is 1. The van der Waals surface area contributed by atoms with E-state index in [9.17, 15) is 45.6 Å². The largest absolute Gasteiger partial charge is 0.394 e. The third-order valence-electron chi connectivity index (χ3n) is 18.1. The topological polar surface area (TPSA) is 228 Å². The van der Waals surface area contributed by atoms with Gasteiger partial charge in [0.25, 0.3) is 0 Å². The lowest BCUT2D eigenvalue weighted by atomic mass is 9.97. The maximum Gasteiger partial charge on any atom is 0.220 e. The highest BCUT2D eigenvalue weighted by molar-refractivity contribution is 5.76. The van der Waals surface area contributed by atoms with E-state index >= 15 is 0 Å². The van der Waals surface area contributed by atoms with Crippen molar-refractivity contribution in [1.82, 2.24) is 5.32 Å². The van der Waals surface area contributed by atoms with Crippen LogP contribution in [0.5, 0.6) is 0 Å². The van der Waals surface area contributed by atoms with Gasteiger partial charge < -0.3 is 65.1 Å². The van der Waals surface area contributed by atoms with Gasteiger partial charge in [-0.1, -0.05) is 314 Å². The average Bonchev–Trinajstić information content (AvgIpc) is 1.63. The molecular formula is C73H137NO13. The quantitative estimate of drug-likeness (QED) is 0.0204. The third kappa shape index (κ3) is 42.1. The molecule has 12 atom stereocenters. The summed E-state index contributed by atoms with van der Waals surface area (Å²) < 4.78 is 22.9. The zero-order valence-electron chi connectivity index (χ0n) is 55.8. The van der Waals surface area contributed by atoms with Crippen LogP contribution >= 0.6 is 0 Å². The van der Waals surface area contributed by atoms with Crippen molar-refractivity contribution >= 4 is 5.91 Å². The van der Waals surface area contributed by atoms with Crippen LogP contribution in [0.3, 0.4) is 0 Å². The lowest BCUT2D eigenvalue weighted by Crippen LogP contribution is -2.65. The Bertz CT molecular complexity index is 1600. The van der Waals surface area contributed by atoms with Crippen molar-refractivity contribution in [2.75, 3.05) is 19.8 Å².